The third-order valence-electron chi connectivity index (χ3n) is 4.47. The number of aliphatic carboxylic acids is 1. The first-order chi connectivity index (χ1) is 9.40. The van der Waals surface area contributed by atoms with Gasteiger partial charge in [0.05, 0.1) is 22.6 Å². The van der Waals surface area contributed by atoms with Gasteiger partial charge in [-0.3, -0.25) is 9.69 Å². The Morgan fingerprint density at radius 2 is 2.00 bits per heavy atom. The van der Waals surface area contributed by atoms with Crippen LogP contribution in [0.15, 0.2) is 29.2 Å². The minimum atomic E-state index is -3.19. The average Bonchev–Trinajstić information content (AvgIpc) is 2.60. The van der Waals surface area contributed by atoms with Crippen LogP contribution in [0, 0.1) is 11.8 Å². The number of hydrogen-bond donors (Lipinski definition) is 1. The first-order valence-electron chi connectivity index (χ1n) is 6.68. The fourth-order valence-corrected chi connectivity index (χ4v) is 4.88. The van der Waals surface area contributed by atoms with Crippen molar-refractivity contribution in [3.63, 3.8) is 0 Å². The van der Waals surface area contributed by atoms with Crippen molar-refractivity contribution in [2.24, 2.45) is 11.8 Å². The second kappa shape index (κ2) is 4.56. The molecule has 0 radical (unpaired) electrons. The predicted octanol–water partition coefficient (Wildman–Crippen LogP) is 1.17. The van der Waals surface area contributed by atoms with Crippen LogP contribution in [0.1, 0.15) is 18.5 Å². The lowest BCUT2D eigenvalue weighted by molar-refractivity contribution is -0.145. The van der Waals surface area contributed by atoms with E-state index < -0.39 is 15.8 Å². The lowest BCUT2D eigenvalue weighted by Gasteiger charge is -2.44. The predicted molar refractivity (Wildman–Crippen MR) is 73.1 cm³/mol. The zero-order chi connectivity index (χ0) is 14.5. The Labute approximate surface area is 118 Å². The highest BCUT2D eigenvalue weighted by Gasteiger charge is 2.44. The molecule has 1 aromatic carbocycles. The third kappa shape index (κ3) is 2.03. The molecule has 0 amide bonds. The number of likely N-dealkylation sites (tertiary alicyclic amines) is 1. The van der Waals surface area contributed by atoms with Crippen LogP contribution in [-0.2, 0) is 14.6 Å². The highest BCUT2D eigenvalue weighted by molar-refractivity contribution is 7.91. The van der Waals surface area contributed by atoms with Gasteiger partial charge in [0.2, 0.25) is 0 Å². The van der Waals surface area contributed by atoms with E-state index in [2.05, 4.69) is 4.90 Å². The molecule has 108 valence electrons. The topological polar surface area (TPSA) is 74.7 Å². The van der Waals surface area contributed by atoms with Crippen molar-refractivity contribution in [1.29, 1.82) is 0 Å². The Morgan fingerprint density at radius 1 is 1.35 bits per heavy atom. The van der Waals surface area contributed by atoms with Crippen molar-refractivity contribution in [3.05, 3.63) is 29.8 Å². The van der Waals surface area contributed by atoms with Crippen molar-refractivity contribution in [2.75, 3.05) is 18.8 Å². The zero-order valence-electron chi connectivity index (χ0n) is 11.2. The van der Waals surface area contributed by atoms with E-state index in [1.807, 2.05) is 12.1 Å². The first kappa shape index (κ1) is 13.6. The summed E-state index contributed by atoms with van der Waals surface area (Å²) in [6.45, 7) is 3.02. The number of benzene rings is 1. The molecule has 6 heteroatoms. The van der Waals surface area contributed by atoms with Gasteiger partial charge in [0.15, 0.2) is 9.84 Å². The molecular weight excluding hydrogens is 278 g/mol. The van der Waals surface area contributed by atoms with Crippen molar-refractivity contribution in [2.45, 2.75) is 17.9 Å². The summed E-state index contributed by atoms with van der Waals surface area (Å²) in [6.07, 6.45) is 0. The molecule has 0 aliphatic carbocycles. The molecule has 0 aromatic heterocycles. The number of sulfone groups is 1. The maximum atomic E-state index is 12.1. The van der Waals surface area contributed by atoms with Gasteiger partial charge in [-0.2, -0.15) is 0 Å². The van der Waals surface area contributed by atoms with E-state index >= 15 is 0 Å². The summed E-state index contributed by atoms with van der Waals surface area (Å²) in [5.74, 6) is -0.933. The second-order valence-corrected chi connectivity index (χ2v) is 7.68. The minimum absolute atomic E-state index is 0.112. The van der Waals surface area contributed by atoms with Crippen molar-refractivity contribution in [3.8, 4) is 0 Å². The van der Waals surface area contributed by atoms with E-state index in [4.69, 9.17) is 5.11 Å². The van der Waals surface area contributed by atoms with Gasteiger partial charge in [0.1, 0.15) is 0 Å². The molecule has 2 unspecified atom stereocenters. The maximum absolute atomic E-state index is 12.1. The van der Waals surface area contributed by atoms with Crippen LogP contribution in [-0.4, -0.2) is 43.2 Å². The van der Waals surface area contributed by atoms with Crippen molar-refractivity contribution < 1.29 is 18.3 Å². The summed E-state index contributed by atoms with van der Waals surface area (Å²) in [5.41, 5.74) is 0.855. The van der Waals surface area contributed by atoms with Crippen molar-refractivity contribution in [1.82, 2.24) is 4.90 Å². The number of carbonyl (C=O) groups is 1. The van der Waals surface area contributed by atoms with Crippen LogP contribution in [0.2, 0.25) is 0 Å². The molecule has 2 heterocycles. The standard InChI is InChI=1S/C14H17NO4S/c1-9(14(16)17)10-6-15(7-10)12-8-20(18,19)13-5-3-2-4-11(12)13/h2-5,9-10,12H,6-8H2,1H3,(H,16,17). The van der Waals surface area contributed by atoms with Gasteiger partial charge in [0.25, 0.3) is 0 Å². The Hall–Kier alpha value is -1.40. The van der Waals surface area contributed by atoms with E-state index in [1.165, 1.54) is 0 Å². The minimum Gasteiger partial charge on any atom is -0.481 e. The van der Waals surface area contributed by atoms with Crippen LogP contribution in [0.4, 0.5) is 0 Å². The quantitative estimate of drug-likeness (QED) is 0.906. The summed E-state index contributed by atoms with van der Waals surface area (Å²) in [6, 6.07) is 6.99. The summed E-state index contributed by atoms with van der Waals surface area (Å²) in [7, 11) is -3.19. The molecule has 1 N–H and O–H groups in total. The number of rotatable bonds is 3. The number of carboxylic acids is 1. The Kier molecular flexibility index (Phi) is 3.10. The van der Waals surface area contributed by atoms with Crippen LogP contribution in [0.3, 0.4) is 0 Å². The molecule has 2 aliphatic heterocycles. The van der Waals surface area contributed by atoms with Gasteiger partial charge in [-0.25, -0.2) is 8.42 Å². The van der Waals surface area contributed by atoms with E-state index in [0.717, 1.165) is 5.56 Å². The summed E-state index contributed by atoms with van der Waals surface area (Å²) in [4.78, 5) is 13.5. The van der Waals surface area contributed by atoms with E-state index in [9.17, 15) is 13.2 Å². The molecule has 0 saturated carbocycles. The highest BCUT2D eigenvalue weighted by atomic mass is 32.2. The Balaban J connectivity index is 1.78. The maximum Gasteiger partial charge on any atom is 0.306 e. The van der Waals surface area contributed by atoms with Gasteiger partial charge >= 0.3 is 5.97 Å². The van der Waals surface area contributed by atoms with Crippen LogP contribution in [0.25, 0.3) is 0 Å². The van der Waals surface area contributed by atoms with Gasteiger partial charge < -0.3 is 5.11 Å². The smallest absolute Gasteiger partial charge is 0.306 e. The first-order valence-corrected chi connectivity index (χ1v) is 8.34. The Morgan fingerprint density at radius 3 is 2.65 bits per heavy atom. The molecule has 1 aromatic rings. The van der Waals surface area contributed by atoms with Gasteiger partial charge in [-0.05, 0) is 17.5 Å². The van der Waals surface area contributed by atoms with Gasteiger partial charge in [-0.15, -0.1) is 0 Å². The molecule has 5 nitrogen and oxygen atoms in total. The number of nitrogens with zero attached hydrogens (tertiary/aromatic N) is 1. The molecule has 1 saturated heterocycles. The second-order valence-electron chi connectivity index (χ2n) is 5.68. The SMILES string of the molecule is CC(C(=O)O)C1CN(C2CS(=O)(=O)c3ccccc32)C1. The van der Waals surface area contributed by atoms with E-state index in [0.29, 0.717) is 18.0 Å². The van der Waals surface area contributed by atoms with Gasteiger partial charge in [0, 0.05) is 13.1 Å². The van der Waals surface area contributed by atoms with Crippen LogP contribution < -0.4 is 0 Å². The number of fused-ring (bicyclic) bond motifs is 1. The van der Waals surface area contributed by atoms with Crippen molar-refractivity contribution >= 4 is 15.8 Å². The molecule has 1 fully saturated rings. The van der Waals surface area contributed by atoms with E-state index in [1.54, 1.807) is 19.1 Å². The largest absolute Gasteiger partial charge is 0.481 e. The summed E-state index contributed by atoms with van der Waals surface area (Å²) in [5, 5.41) is 9.00. The number of carboxylic acid groups (broad SMARTS) is 1. The van der Waals surface area contributed by atoms with Gasteiger partial charge in [-0.1, -0.05) is 25.1 Å². The summed E-state index contributed by atoms with van der Waals surface area (Å²) >= 11 is 0. The highest BCUT2D eigenvalue weighted by Crippen LogP contribution is 2.41. The lowest BCUT2D eigenvalue weighted by Crippen LogP contribution is -2.52. The van der Waals surface area contributed by atoms with E-state index in [-0.39, 0.29) is 23.6 Å². The fourth-order valence-electron chi connectivity index (χ4n) is 3.05. The zero-order valence-corrected chi connectivity index (χ0v) is 12.0. The van der Waals surface area contributed by atoms with Crippen LogP contribution in [0.5, 0.6) is 0 Å². The average molecular weight is 295 g/mol. The molecule has 2 atom stereocenters. The molecule has 20 heavy (non-hydrogen) atoms. The fraction of sp³-hybridized carbons (Fsp3) is 0.500. The Bertz CT molecular complexity index is 649. The molecule has 2 aliphatic rings. The molecule has 0 bridgehead atoms. The van der Waals surface area contributed by atoms with Crippen LogP contribution >= 0.6 is 0 Å². The summed E-state index contributed by atoms with van der Waals surface area (Å²) < 4.78 is 24.2. The molecule has 3 rings (SSSR count). The normalized spacial score (nSPS) is 26.8. The molecule has 0 spiro atoms. The monoisotopic (exact) mass is 295 g/mol. The number of hydrogen-bond acceptors (Lipinski definition) is 4. The lowest BCUT2D eigenvalue weighted by atomic mass is 9.85. The third-order valence-corrected chi connectivity index (χ3v) is 6.26. The molecular formula is C14H17NO4S.